The van der Waals surface area contributed by atoms with Crippen LogP contribution in [-0.4, -0.2) is 48.4 Å². The summed E-state index contributed by atoms with van der Waals surface area (Å²) in [6.45, 7) is 0.555. The Morgan fingerprint density at radius 2 is 1.88 bits per heavy atom. The number of rotatable bonds is 3. The van der Waals surface area contributed by atoms with Gasteiger partial charge in [0.25, 0.3) is 11.8 Å². The third-order valence-corrected chi connectivity index (χ3v) is 4.49. The Kier molecular flexibility index (Phi) is 4.40. The number of piperidine rings is 1. The van der Waals surface area contributed by atoms with E-state index in [0.717, 1.165) is 4.90 Å². The number of fused-ring (bicyclic) bond motifs is 1. The quantitative estimate of drug-likeness (QED) is 0.811. The number of alkyl halides is 3. The second-order valence-corrected chi connectivity index (χ2v) is 6.13. The molecule has 2 aliphatic rings. The molecule has 0 radical (unpaired) electrons. The summed E-state index contributed by atoms with van der Waals surface area (Å²) >= 11 is 0. The van der Waals surface area contributed by atoms with Crippen LogP contribution < -0.4 is 10.6 Å². The molecule has 0 saturated carbocycles. The van der Waals surface area contributed by atoms with E-state index in [2.05, 4.69) is 10.6 Å². The third kappa shape index (κ3) is 3.45. The summed E-state index contributed by atoms with van der Waals surface area (Å²) in [5.74, 6) is -2.63. The van der Waals surface area contributed by atoms with Crippen molar-refractivity contribution in [2.45, 2.75) is 19.0 Å². The maximum atomic E-state index is 12.4. The molecule has 134 valence electrons. The first kappa shape index (κ1) is 17.2. The van der Waals surface area contributed by atoms with Gasteiger partial charge in [-0.1, -0.05) is 6.07 Å². The van der Waals surface area contributed by atoms with Crippen LogP contribution in [0.15, 0.2) is 18.2 Å². The van der Waals surface area contributed by atoms with E-state index in [0.29, 0.717) is 30.6 Å². The summed E-state index contributed by atoms with van der Waals surface area (Å²) in [5.41, 5.74) is 1.12. The predicted molar refractivity (Wildman–Crippen MR) is 82.1 cm³/mol. The monoisotopic (exact) mass is 355 g/mol. The second-order valence-electron chi connectivity index (χ2n) is 6.13. The summed E-state index contributed by atoms with van der Waals surface area (Å²) in [6.07, 6.45) is -3.96. The summed E-state index contributed by atoms with van der Waals surface area (Å²) < 4.78 is 37.3. The molecule has 1 saturated heterocycles. The Labute approximate surface area is 141 Å². The van der Waals surface area contributed by atoms with Crippen molar-refractivity contribution in [1.29, 1.82) is 0 Å². The number of imide groups is 1. The van der Waals surface area contributed by atoms with Crippen molar-refractivity contribution >= 4 is 23.4 Å². The van der Waals surface area contributed by atoms with Gasteiger partial charge < -0.3 is 10.2 Å². The van der Waals surface area contributed by atoms with Crippen LogP contribution in [0.3, 0.4) is 0 Å². The maximum absolute atomic E-state index is 12.4. The number of amides is 3. The second kappa shape index (κ2) is 6.38. The topological polar surface area (TPSA) is 78.5 Å². The van der Waals surface area contributed by atoms with E-state index in [9.17, 15) is 27.6 Å². The molecule has 0 bridgehead atoms. The molecular weight excluding hydrogens is 339 g/mol. The zero-order valence-electron chi connectivity index (χ0n) is 13.2. The molecule has 1 fully saturated rings. The summed E-state index contributed by atoms with van der Waals surface area (Å²) in [7, 11) is 0. The number of carbonyl (C=O) groups is 3. The van der Waals surface area contributed by atoms with Crippen molar-refractivity contribution < 1.29 is 27.6 Å². The third-order valence-electron chi connectivity index (χ3n) is 4.49. The van der Waals surface area contributed by atoms with Gasteiger partial charge in [0.15, 0.2) is 0 Å². The van der Waals surface area contributed by atoms with E-state index >= 15 is 0 Å². The van der Waals surface area contributed by atoms with Gasteiger partial charge in [-0.05, 0) is 30.9 Å². The number of anilines is 1. The fourth-order valence-electron chi connectivity index (χ4n) is 3.14. The van der Waals surface area contributed by atoms with E-state index in [4.69, 9.17) is 0 Å². The number of nitrogens with one attached hydrogen (secondary N) is 2. The van der Waals surface area contributed by atoms with Gasteiger partial charge in [-0.15, -0.1) is 0 Å². The standard InChI is InChI=1S/C16H16F3N3O3/c17-16(18,19)15(25)22-6-4-9(5-7-22)8-20-11-3-1-2-10-12(11)14(24)21-13(10)23/h1-3,9,20H,4-8H2,(H,21,23,24). The molecule has 1 aromatic rings. The average Bonchev–Trinajstić information content (AvgIpc) is 2.87. The molecule has 0 spiro atoms. The van der Waals surface area contributed by atoms with Gasteiger partial charge >= 0.3 is 12.1 Å². The number of likely N-dealkylation sites (tertiary alicyclic amines) is 1. The molecule has 3 amide bonds. The largest absolute Gasteiger partial charge is 0.471 e. The summed E-state index contributed by atoms with van der Waals surface area (Å²) in [4.78, 5) is 35.5. The van der Waals surface area contributed by atoms with Crippen molar-refractivity contribution in [3.05, 3.63) is 29.3 Å². The summed E-state index contributed by atoms with van der Waals surface area (Å²) in [5, 5.41) is 5.33. The highest BCUT2D eigenvalue weighted by atomic mass is 19.4. The van der Waals surface area contributed by atoms with Crippen LogP contribution in [-0.2, 0) is 4.79 Å². The molecule has 25 heavy (non-hydrogen) atoms. The molecule has 0 atom stereocenters. The minimum absolute atomic E-state index is 0.0521. The van der Waals surface area contributed by atoms with E-state index in [-0.39, 0.29) is 24.6 Å². The molecular formula is C16H16F3N3O3. The number of nitrogens with zero attached hydrogens (tertiary/aromatic N) is 1. The average molecular weight is 355 g/mol. The van der Waals surface area contributed by atoms with E-state index in [1.807, 2.05) is 0 Å². The maximum Gasteiger partial charge on any atom is 0.471 e. The molecule has 2 N–H and O–H groups in total. The van der Waals surface area contributed by atoms with Crippen LogP contribution in [0.1, 0.15) is 33.6 Å². The van der Waals surface area contributed by atoms with Crippen LogP contribution in [0.25, 0.3) is 0 Å². The minimum atomic E-state index is -4.84. The highest BCUT2D eigenvalue weighted by Crippen LogP contribution is 2.27. The highest BCUT2D eigenvalue weighted by molar-refractivity contribution is 6.23. The van der Waals surface area contributed by atoms with Crippen LogP contribution in [0, 0.1) is 5.92 Å². The number of hydrogen-bond donors (Lipinski definition) is 2. The Morgan fingerprint density at radius 3 is 2.52 bits per heavy atom. The zero-order valence-corrected chi connectivity index (χ0v) is 13.2. The lowest BCUT2D eigenvalue weighted by Crippen LogP contribution is -2.46. The highest BCUT2D eigenvalue weighted by Gasteiger charge is 2.43. The van der Waals surface area contributed by atoms with E-state index < -0.39 is 23.9 Å². The SMILES string of the molecule is O=C1NC(=O)c2c(NCC3CCN(C(=O)C(F)(F)F)CC3)cccc21. The Balaban J connectivity index is 1.58. The molecule has 1 aromatic carbocycles. The van der Waals surface area contributed by atoms with Crippen LogP contribution in [0.5, 0.6) is 0 Å². The smallest absolute Gasteiger partial charge is 0.384 e. The lowest BCUT2D eigenvalue weighted by molar-refractivity contribution is -0.186. The van der Waals surface area contributed by atoms with Crippen LogP contribution >= 0.6 is 0 Å². The van der Waals surface area contributed by atoms with Gasteiger partial charge in [0.2, 0.25) is 0 Å². The minimum Gasteiger partial charge on any atom is -0.384 e. The Morgan fingerprint density at radius 1 is 1.20 bits per heavy atom. The lowest BCUT2D eigenvalue weighted by atomic mass is 9.96. The normalized spacial score (nSPS) is 18.1. The van der Waals surface area contributed by atoms with Crippen LogP contribution in [0.2, 0.25) is 0 Å². The molecule has 0 aliphatic carbocycles. The van der Waals surface area contributed by atoms with Crippen molar-refractivity contribution in [3.63, 3.8) is 0 Å². The molecule has 0 aromatic heterocycles. The molecule has 0 unspecified atom stereocenters. The fraction of sp³-hybridized carbons (Fsp3) is 0.438. The number of hydrogen-bond acceptors (Lipinski definition) is 4. The molecule has 2 heterocycles. The lowest BCUT2D eigenvalue weighted by Gasteiger charge is -2.32. The van der Waals surface area contributed by atoms with Crippen molar-refractivity contribution in [2.24, 2.45) is 5.92 Å². The van der Waals surface area contributed by atoms with Gasteiger partial charge in [0, 0.05) is 25.3 Å². The van der Waals surface area contributed by atoms with Crippen molar-refractivity contribution in [1.82, 2.24) is 10.2 Å². The molecule has 9 heteroatoms. The van der Waals surface area contributed by atoms with E-state index in [1.54, 1.807) is 18.2 Å². The molecule has 6 nitrogen and oxygen atoms in total. The zero-order chi connectivity index (χ0) is 18.2. The first-order chi connectivity index (χ1) is 11.8. The Bertz CT molecular complexity index is 725. The Hall–Kier alpha value is -2.58. The molecule has 2 aliphatic heterocycles. The first-order valence-electron chi connectivity index (χ1n) is 7.86. The van der Waals surface area contributed by atoms with Gasteiger partial charge in [-0.3, -0.25) is 19.7 Å². The van der Waals surface area contributed by atoms with Crippen molar-refractivity contribution in [3.8, 4) is 0 Å². The summed E-state index contributed by atoms with van der Waals surface area (Å²) in [6, 6.07) is 4.89. The van der Waals surface area contributed by atoms with Gasteiger partial charge in [0.1, 0.15) is 0 Å². The van der Waals surface area contributed by atoms with Gasteiger partial charge in [-0.25, -0.2) is 0 Å². The van der Waals surface area contributed by atoms with Crippen LogP contribution in [0.4, 0.5) is 18.9 Å². The fourth-order valence-corrected chi connectivity index (χ4v) is 3.14. The molecule has 3 rings (SSSR count). The number of halogens is 3. The van der Waals surface area contributed by atoms with Gasteiger partial charge in [0.05, 0.1) is 11.1 Å². The number of carbonyl (C=O) groups excluding carboxylic acids is 3. The number of benzene rings is 1. The van der Waals surface area contributed by atoms with Gasteiger partial charge in [-0.2, -0.15) is 13.2 Å². The van der Waals surface area contributed by atoms with Crippen molar-refractivity contribution in [2.75, 3.05) is 25.0 Å². The predicted octanol–water partition coefficient (Wildman–Crippen LogP) is 1.78. The first-order valence-corrected chi connectivity index (χ1v) is 7.86. The van der Waals surface area contributed by atoms with E-state index in [1.165, 1.54) is 0 Å².